The van der Waals surface area contributed by atoms with Crippen LogP contribution in [-0.4, -0.2) is 82.3 Å². The molecule has 0 amide bonds. The summed E-state index contributed by atoms with van der Waals surface area (Å²) in [6, 6.07) is 0. The van der Waals surface area contributed by atoms with Gasteiger partial charge in [0.15, 0.2) is 12.4 Å². The van der Waals surface area contributed by atoms with Gasteiger partial charge in [-0.25, -0.2) is 0 Å². The number of carboxylic acid groups (broad SMARTS) is 1. The van der Waals surface area contributed by atoms with Crippen molar-refractivity contribution in [3.63, 3.8) is 0 Å². The van der Waals surface area contributed by atoms with Crippen LogP contribution in [0.25, 0.3) is 0 Å². The second-order valence-corrected chi connectivity index (χ2v) is 27.3. The predicted molar refractivity (Wildman–Crippen MR) is 389 cm³/mol. The first-order valence-electron chi connectivity index (χ1n) is 38.7. The van der Waals surface area contributed by atoms with Crippen LogP contribution in [0.1, 0.15) is 361 Å². The summed E-state index contributed by atoms with van der Waals surface area (Å²) >= 11 is 0. The molecule has 0 aromatic rings. The number of rotatable bonds is 72. The molecule has 0 bridgehead atoms. The molecule has 9 nitrogen and oxygen atoms in total. The standard InChI is InChI=1S/C82H147NO8/c1-6-8-10-12-14-16-18-20-22-24-26-28-30-32-34-36-38-39-40-41-43-44-46-48-50-52-54-56-58-60-62-64-66-68-70-72-79(84)89-76-78(77-90-82(81(86)87)88-75-74-83(3,4)5)91-80(85)73-71-69-67-65-63-61-59-57-55-53-51-49-47-45-42-37-35-33-31-29-27-25-23-21-19-17-15-13-11-9-7-2/h9,11,15,17-18,20-21,23-24,26-27,29,33,35,78,82H,6-8,10,12-14,16,19,22,25,28,30-32,34,36-77H2,1-5H3/b11-9-,17-15-,20-18-,23-21-,26-24-,29-27-,35-33-. The summed E-state index contributed by atoms with van der Waals surface area (Å²) in [6.07, 6.45) is 95.5. The van der Waals surface area contributed by atoms with Gasteiger partial charge in [0, 0.05) is 12.8 Å². The van der Waals surface area contributed by atoms with Gasteiger partial charge in [-0.1, -0.05) is 343 Å². The van der Waals surface area contributed by atoms with Crippen molar-refractivity contribution >= 4 is 17.9 Å². The summed E-state index contributed by atoms with van der Waals surface area (Å²) in [7, 11) is 5.94. The first kappa shape index (κ1) is 87.5. The SMILES string of the molecule is CC/C=C\C/C=C\C/C=C\C/C=C\C/C=C\CCCCCCCCCCCCCCCCCC(=O)OC(COC(=O)CCCCCCCCCCCCCCCCCCCCCCCCC/C=C\C/C=C\CCCCCCC)COC(OCC[N+](C)(C)C)C(=O)[O-]. The maximum Gasteiger partial charge on any atom is 0.306 e. The number of quaternary nitrogens is 1. The summed E-state index contributed by atoms with van der Waals surface area (Å²) < 4.78 is 22.9. The van der Waals surface area contributed by atoms with Crippen molar-refractivity contribution in [2.75, 3.05) is 47.5 Å². The number of carbonyl (C=O) groups excluding carboxylic acids is 3. The van der Waals surface area contributed by atoms with Crippen LogP contribution in [0.3, 0.4) is 0 Å². The lowest BCUT2D eigenvalue weighted by molar-refractivity contribution is -0.870. The lowest BCUT2D eigenvalue weighted by Crippen LogP contribution is -2.44. The fourth-order valence-electron chi connectivity index (χ4n) is 11.2. The molecule has 0 aliphatic rings. The van der Waals surface area contributed by atoms with E-state index >= 15 is 0 Å². The smallest absolute Gasteiger partial charge is 0.306 e. The molecular formula is C82H147NO8. The Morgan fingerprint density at radius 2 is 0.626 bits per heavy atom. The van der Waals surface area contributed by atoms with Gasteiger partial charge in [-0.2, -0.15) is 0 Å². The van der Waals surface area contributed by atoms with Crippen molar-refractivity contribution in [3.05, 3.63) is 85.1 Å². The van der Waals surface area contributed by atoms with Gasteiger partial charge in [0.05, 0.1) is 40.3 Å². The van der Waals surface area contributed by atoms with Crippen LogP contribution in [-0.2, 0) is 33.3 Å². The Morgan fingerprint density at radius 3 is 0.934 bits per heavy atom. The van der Waals surface area contributed by atoms with Crippen molar-refractivity contribution < 1.29 is 42.9 Å². The lowest BCUT2D eigenvalue weighted by Gasteiger charge is -2.26. The molecule has 0 rings (SSSR count). The fraction of sp³-hybridized carbons (Fsp3) is 0.793. The van der Waals surface area contributed by atoms with E-state index in [0.717, 1.165) is 77.0 Å². The first-order chi connectivity index (χ1) is 44.6. The van der Waals surface area contributed by atoms with Gasteiger partial charge in [0.1, 0.15) is 13.2 Å². The van der Waals surface area contributed by atoms with Crippen LogP contribution < -0.4 is 5.11 Å². The summed E-state index contributed by atoms with van der Waals surface area (Å²) in [5, 5.41) is 11.9. The number of ether oxygens (including phenoxy) is 4. The second kappa shape index (κ2) is 72.3. The number of esters is 2. The minimum atomic E-state index is -1.62. The lowest BCUT2D eigenvalue weighted by atomic mass is 10.0. The van der Waals surface area contributed by atoms with Gasteiger partial charge in [0.25, 0.3) is 0 Å². The fourth-order valence-corrected chi connectivity index (χ4v) is 11.2. The van der Waals surface area contributed by atoms with Gasteiger partial charge in [-0.05, 0) is 89.9 Å². The largest absolute Gasteiger partial charge is 0.545 e. The van der Waals surface area contributed by atoms with Crippen molar-refractivity contribution in [1.29, 1.82) is 0 Å². The van der Waals surface area contributed by atoms with E-state index in [1.165, 1.54) is 250 Å². The van der Waals surface area contributed by atoms with Crippen LogP contribution in [0.15, 0.2) is 85.1 Å². The zero-order chi connectivity index (χ0) is 66.1. The summed E-state index contributed by atoms with van der Waals surface area (Å²) in [5.41, 5.74) is 0. The normalized spacial score (nSPS) is 13.1. The molecule has 0 aliphatic carbocycles. The molecule has 0 radical (unpaired) electrons. The number of hydrogen-bond donors (Lipinski definition) is 0. The molecular weight excluding hydrogens is 1130 g/mol. The van der Waals surface area contributed by atoms with Crippen LogP contribution >= 0.6 is 0 Å². The highest BCUT2D eigenvalue weighted by Crippen LogP contribution is 2.19. The minimum absolute atomic E-state index is 0.147. The number of unbranched alkanes of at least 4 members (excludes halogenated alkanes) is 43. The van der Waals surface area contributed by atoms with Gasteiger partial charge in [0.2, 0.25) is 0 Å². The topological polar surface area (TPSA) is 111 Å². The second-order valence-electron chi connectivity index (χ2n) is 27.3. The van der Waals surface area contributed by atoms with Gasteiger partial charge >= 0.3 is 11.9 Å². The van der Waals surface area contributed by atoms with Crippen LogP contribution in [0.2, 0.25) is 0 Å². The van der Waals surface area contributed by atoms with Gasteiger partial charge in [-0.15, -0.1) is 0 Å². The van der Waals surface area contributed by atoms with E-state index in [2.05, 4.69) is 98.9 Å². The molecule has 0 fully saturated rings. The Kier molecular flexibility index (Phi) is 69.5. The molecule has 528 valence electrons. The van der Waals surface area contributed by atoms with Gasteiger partial charge in [-0.3, -0.25) is 9.59 Å². The number of allylic oxidation sites excluding steroid dienone is 14. The number of carboxylic acids is 1. The third-order valence-corrected chi connectivity index (χ3v) is 17.1. The summed E-state index contributed by atoms with van der Waals surface area (Å²) in [5.74, 6) is -2.26. The Hall–Kier alpha value is -3.53. The molecule has 0 N–H and O–H groups in total. The third-order valence-electron chi connectivity index (χ3n) is 17.1. The number of carbonyl (C=O) groups is 3. The number of aliphatic carboxylic acids is 1. The molecule has 0 aromatic carbocycles. The predicted octanol–water partition coefficient (Wildman–Crippen LogP) is 23.3. The van der Waals surface area contributed by atoms with E-state index in [1.54, 1.807) is 0 Å². The quantitative estimate of drug-likeness (QED) is 0.0195. The minimum Gasteiger partial charge on any atom is -0.545 e. The van der Waals surface area contributed by atoms with E-state index in [-0.39, 0.29) is 32.2 Å². The molecule has 0 saturated carbocycles. The Balaban J connectivity index is 4.01. The summed E-state index contributed by atoms with van der Waals surface area (Å²) in [6.45, 7) is 4.67. The zero-order valence-corrected chi connectivity index (χ0v) is 60.5. The van der Waals surface area contributed by atoms with Gasteiger partial charge < -0.3 is 33.3 Å². The van der Waals surface area contributed by atoms with Crippen molar-refractivity contribution in [3.8, 4) is 0 Å². The monoisotopic (exact) mass is 1270 g/mol. The average molecular weight is 1280 g/mol. The molecule has 0 saturated heterocycles. The van der Waals surface area contributed by atoms with Crippen molar-refractivity contribution in [2.24, 2.45) is 0 Å². The zero-order valence-electron chi connectivity index (χ0n) is 60.5. The number of likely N-dealkylation sites (N-methyl/N-ethyl adjacent to an activating group) is 1. The molecule has 2 unspecified atom stereocenters. The Bertz CT molecular complexity index is 1770. The Labute approximate surface area is 563 Å². The summed E-state index contributed by atoms with van der Waals surface area (Å²) in [4.78, 5) is 37.6. The molecule has 0 heterocycles. The molecule has 0 aliphatic heterocycles. The average Bonchev–Trinajstić information content (AvgIpc) is 3.65. The van der Waals surface area contributed by atoms with E-state index in [4.69, 9.17) is 18.9 Å². The maximum atomic E-state index is 13.0. The molecule has 91 heavy (non-hydrogen) atoms. The number of nitrogens with zero attached hydrogens (tertiary/aromatic N) is 1. The van der Waals surface area contributed by atoms with E-state index in [0.29, 0.717) is 23.9 Å². The van der Waals surface area contributed by atoms with Crippen molar-refractivity contribution in [2.45, 2.75) is 373 Å². The van der Waals surface area contributed by atoms with Crippen LogP contribution in [0, 0.1) is 0 Å². The molecule has 0 spiro atoms. The highest BCUT2D eigenvalue weighted by molar-refractivity contribution is 5.70. The first-order valence-corrected chi connectivity index (χ1v) is 38.7. The molecule has 2 atom stereocenters. The Morgan fingerprint density at radius 1 is 0.341 bits per heavy atom. The van der Waals surface area contributed by atoms with E-state index in [9.17, 15) is 19.5 Å². The number of hydrogen-bond acceptors (Lipinski definition) is 8. The van der Waals surface area contributed by atoms with Crippen LogP contribution in [0.5, 0.6) is 0 Å². The maximum absolute atomic E-state index is 13.0. The molecule has 9 heteroatoms. The van der Waals surface area contributed by atoms with E-state index < -0.39 is 24.3 Å². The highest BCUT2D eigenvalue weighted by atomic mass is 16.7. The highest BCUT2D eigenvalue weighted by Gasteiger charge is 2.22. The van der Waals surface area contributed by atoms with Crippen molar-refractivity contribution in [1.82, 2.24) is 0 Å². The van der Waals surface area contributed by atoms with E-state index in [1.807, 2.05) is 21.1 Å². The molecule has 0 aromatic heterocycles. The van der Waals surface area contributed by atoms with Crippen LogP contribution in [0.4, 0.5) is 0 Å². The third kappa shape index (κ3) is 73.7.